The number of amides is 1. The monoisotopic (exact) mass is 353 g/mol. The maximum absolute atomic E-state index is 12.5. The van der Waals surface area contributed by atoms with E-state index in [9.17, 15) is 18.0 Å². The zero-order valence-electron chi connectivity index (χ0n) is 10.2. The summed E-state index contributed by atoms with van der Waals surface area (Å²) in [6.45, 7) is 1.38. The number of rotatable bonds is 1. The highest BCUT2D eigenvalue weighted by molar-refractivity contribution is 9.10. The standard InChI is InChI=1S/C11H11BrF3N3O2/c12-8-5-7(11(13,14)15)6-16-9(8)17-1-3-18(4-2-17)10(19)20/h5-6H,1-4H2,(H,19,20). The summed E-state index contributed by atoms with van der Waals surface area (Å²) >= 11 is 3.09. The fourth-order valence-electron chi connectivity index (χ4n) is 1.93. The second-order valence-electron chi connectivity index (χ2n) is 4.28. The molecule has 110 valence electrons. The number of halogens is 4. The number of piperazine rings is 1. The maximum atomic E-state index is 12.5. The van der Waals surface area contributed by atoms with Gasteiger partial charge in [0.05, 0.1) is 10.0 Å². The number of carbonyl (C=O) groups is 1. The van der Waals surface area contributed by atoms with E-state index in [0.717, 1.165) is 12.3 Å². The number of nitrogens with zero attached hydrogens (tertiary/aromatic N) is 3. The summed E-state index contributed by atoms with van der Waals surface area (Å²) in [6.07, 6.45) is -4.65. The Morgan fingerprint density at radius 1 is 1.30 bits per heavy atom. The normalized spacial score (nSPS) is 16.4. The first-order chi connectivity index (χ1) is 9.29. The van der Waals surface area contributed by atoms with Crippen molar-refractivity contribution in [3.63, 3.8) is 0 Å². The molecule has 0 radical (unpaired) electrons. The van der Waals surface area contributed by atoms with Crippen molar-refractivity contribution in [3.8, 4) is 0 Å². The number of hydrogen-bond donors (Lipinski definition) is 1. The zero-order valence-corrected chi connectivity index (χ0v) is 11.8. The van der Waals surface area contributed by atoms with Crippen molar-refractivity contribution in [2.75, 3.05) is 31.1 Å². The third kappa shape index (κ3) is 3.14. The van der Waals surface area contributed by atoms with Crippen LogP contribution in [0.1, 0.15) is 5.56 Å². The van der Waals surface area contributed by atoms with E-state index in [1.165, 1.54) is 4.90 Å². The van der Waals surface area contributed by atoms with Gasteiger partial charge in [-0.05, 0) is 22.0 Å². The zero-order chi connectivity index (χ0) is 14.9. The number of anilines is 1. The van der Waals surface area contributed by atoms with Crippen LogP contribution in [0, 0.1) is 0 Å². The van der Waals surface area contributed by atoms with Crippen molar-refractivity contribution in [2.24, 2.45) is 0 Å². The van der Waals surface area contributed by atoms with Crippen molar-refractivity contribution in [1.29, 1.82) is 0 Å². The lowest BCUT2D eigenvalue weighted by atomic mass is 10.2. The van der Waals surface area contributed by atoms with E-state index in [4.69, 9.17) is 5.11 Å². The van der Waals surface area contributed by atoms with Crippen LogP contribution in [0.15, 0.2) is 16.7 Å². The molecule has 2 heterocycles. The van der Waals surface area contributed by atoms with E-state index in [-0.39, 0.29) is 4.47 Å². The number of hydrogen-bond acceptors (Lipinski definition) is 3. The van der Waals surface area contributed by atoms with Crippen LogP contribution in [-0.4, -0.2) is 47.3 Å². The molecular formula is C11H11BrF3N3O2. The van der Waals surface area contributed by atoms with Gasteiger partial charge in [0.1, 0.15) is 5.82 Å². The molecule has 0 spiro atoms. The molecule has 0 unspecified atom stereocenters. The Bertz CT molecular complexity index is 516. The molecule has 0 bridgehead atoms. The van der Waals surface area contributed by atoms with Crippen LogP contribution < -0.4 is 4.90 Å². The van der Waals surface area contributed by atoms with Gasteiger partial charge in [-0.15, -0.1) is 0 Å². The number of alkyl halides is 3. The molecule has 1 N–H and O–H groups in total. The third-order valence-electron chi connectivity index (χ3n) is 3.00. The SMILES string of the molecule is O=C(O)N1CCN(c2ncc(C(F)(F)F)cc2Br)CC1. The van der Waals surface area contributed by atoms with Gasteiger partial charge < -0.3 is 14.9 Å². The minimum absolute atomic E-state index is 0.246. The van der Waals surface area contributed by atoms with Crippen molar-refractivity contribution in [1.82, 2.24) is 9.88 Å². The lowest BCUT2D eigenvalue weighted by Gasteiger charge is -2.34. The lowest BCUT2D eigenvalue weighted by molar-refractivity contribution is -0.137. The summed E-state index contributed by atoms with van der Waals surface area (Å²) in [5.74, 6) is 0.392. The lowest BCUT2D eigenvalue weighted by Crippen LogP contribution is -2.48. The van der Waals surface area contributed by atoms with Gasteiger partial charge >= 0.3 is 12.3 Å². The van der Waals surface area contributed by atoms with Crippen LogP contribution in [0.4, 0.5) is 23.8 Å². The first kappa shape index (κ1) is 14.9. The minimum Gasteiger partial charge on any atom is -0.465 e. The molecule has 1 aliphatic heterocycles. The third-order valence-corrected chi connectivity index (χ3v) is 3.58. The fourth-order valence-corrected chi connectivity index (χ4v) is 2.53. The van der Waals surface area contributed by atoms with Gasteiger partial charge in [0.15, 0.2) is 0 Å². The highest BCUT2D eigenvalue weighted by Crippen LogP contribution is 2.33. The van der Waals surface area contributed by atoms with Gasteiger partial charge in [0.25, 0.3) is 0 Å². The van der Waals surface area contributed by atoms with E-state index in [1.54, 1.807) is 4.90 Å². The summed E-state index contributed by atoms with van der Waals surface area (Å²) in [5.41, 5.74) is -0.822. The summed E-state index contributed by atoms with van der Waals surface area (Å²) in [4.78, 5) is 17.6. The van der Waals surface area contributed by atoms with Gasteiger partial charge in [-0.2, -0.15) is 13.2 Å². The predicted molar refractivity (Wildman–Crippen MR) is 68.7 cm³/mol. The maximum Gasteiger partial charge on any atom is 0.417 e. The Morgan fingerprint density at radius 2 is 1.90 bits per heavy atom. The van der Waals surface area contributed by atoms with E-state index in [0.29, 0.717) is 32.0 Å². The molecule has 5 nitrogen and oxygen atoms in total. The van der Waals surface area contributed by atoms with E-state index in [1.807, 2.05) is 0 Å². The Kier molecular flexibility index (Phi) is 4.07. The Hall–Kier alpha value is -1.51. The van der Waals surface area contributed by atoms with Crippen LogP contribution in [-0.2, 0) is 6.18 Å². The van der Waals surface area contributed by atoms with E-state index in [2.05, 4.69) is 20.9 Å². The van der Waals surface area contributed by atoms with E-state index < -0.39 is 17.8 Å². The molecular weight excluding hydrogens is 343 g/mol. The molecule has 9 heteroatoms. The van der Waals surface area contributed by atoms with Gasteiger partial charge in [0, 0.05) is 32.4 Å². The van der Waals surface area contributed by atoms with Crippen LogP contribution in [0.5, 0.6) is 0 Å². The average molecular weight is 354 g/mol. The summed E-state index contributed by atoms with van der Waals surface area (Å²) in [6, 6.07) is 0.978. The quantitative estimate of drug-likeness (QED) is 0.843. The molecule has 2 rings (SSSR count). The van der Waals surface area contributed by atoms with Gasteiger partial charge in [-0.3, -0.25) is 0 Å². The van der Waals surface area contributed by atoms with Crippen LogP contribution in [0.3, 0.4) is 0 Å². The molecule has 1 amide bonds. The first-order valence-corrected chi connectivity index (χ1v) is 6.54. The Labute approximate surface area is 121 Å². The summed E-state index contributed by atoms with van der Waals surface area (Å²) in [5, 5.41) is 8.83. The van der Waals surface area contributed by atoms with Crippen LogP contribution in [0.2, 0.25) is 0 Å². The van der Waals surface area contributed by atoms with Gasteiger partial charge in [0.2, 0.25) is 0 Å². The molecule has 0 aromatic carbocycles. The molecule has 1 saturated heterocycles. The van der Waals surface area contributed by atoms with Crippen molar-refractivity contribution < 1.29 is 23.1 Å². The molecule has 0 saturated carbocycles. The van der Waals surface area contributed by atoms with Crippen molar-refractivity contribution in [2.45, 2.75) is 6.18 Å². The van der Waals surface area contributed by atoms with Crippen LogP contribution >= 0.6 is 15.9 Å². The number of aromatic nitrogens is 1. The molecule has 1 aliphatic rings. The largest absolute Gasteiger partial charge is 0.465 e. The summed E-state index contributed by atoms with van der Waals surface area (Å²) < 4.78 is 37.9. The fraction of sp³-hybridized carbons (Fsp3) is 0.455. The summed E-state index contributed by atoms with van der Waals surface area (Å²) in [7, 11) is 0. The predicted octanol–water partition coefficient (Wildman–Crippen LogP) is 2.66. The minimum atomic E-state index is -4.43. The van der Waals surface area contributed by atoms with Crippen molar-refractivity contribution in [3.05, 3.63) is 22.3 Å². The smallest absolute Gasteiger partial charge is 0.417 e. The topological polar surface area (TPSA) is 56.7 Å². The van der Waals surface area contributed by atoms with Crippen LogP contribution in [0.25, 0.3) is 0 Å². The molecule has 1 aromatic heterocycles. The van der Waals surface area contributed by atoms with Gasteiger partial charge in [-0.1, -0.05) is 0 Å². The Morgan fingerprint density at radius 3 is 2.35 bits per heavy atom. The molecule has 1 fully saturated rings. The second-order valence-corrected chi connectivity index (χ2v) is 5.14. The number of pyridine rings is 1. The van der Waals surface area contributed by atoms with Gasteiger partial charge in [-0.25, -0.2) is 9.78 Å². The molecule has 1 aromatic rings. The molecule has 20 heavy (non-hydrogen) atoms. The Balaban J connectivity index is 2.13. The van der Waals surface area contributed by atoms with Crippen molar-refractivity contribution >= 4 is 27.8 Å². The number of carboxylic acid groups (broad SMARTS) is 1. The molecule has 0 aliphatic carbocycles. The highest BCUT2D eigenvalue weighted by atomic mass is 79.9. The molecule has 0 atom stereocenters. The highest BCUT2D eigenvalue weighted by Gasteiger charge is 2.32. The van der Waals surface area contributed by atoms with E-state index >= 15 is 0 Å². The second kappa shape index (κ2) is 5.47. The first-order valence-electron chi connectivity index (χ1n) is 5.74. The average Bonchev–Trinajstić information content (AvgIpc) is 2.37.